The van der Waals surface area contributed by atoms with Gasteiger partial charge in [0.15, 0.2) is 11.5 Å². The SMILES string of the molecule is CCOc1ccc(CN2CCN(S(=O)(=O)c3ccc4ccccc4c3)CC2)cc1OC.O=C(O)C(=O)O. The zero-order valence-corrected chi connectivity index (χ0v) is 21.5. The molecule has 1 fully saturated rings. The fourth-order valence-electron chi connectivity index (χ4n) is 3.95. The van der Waals surface area contributed by atoms with Crippen LogP contribution < -0.4 is 9.47 Å². The highest BCUT2D eigenvalue weighted by molar-refractivity contribution is 7.89. The molecule has 0 unspecified atom stereocenters. The van der Waals surface area contributed by atoms with Gasteiger partial charge in [0.05, 0.1) is 18.6 Å². The molecule has 0 atom stereocenters. The van der Waals surface area contributed by atoms with Gasteiger partial charge in [-0.05, 0) is 47.5 Å². The Morgan fingerprint density at radius 2 is 1.51 bits per heavy atom. The van der Waals surface area contributed by atoms with E-state index in [9.17, 15) is 8.42 Å². The van der Waals surface area contributed by atoms with Gasteiger partial charge in [-0.3, -0.25) is 4.90 Å². The van der Waals surface area contributed by atoms with Crippen molar-refractivity contribution in [3.8, 4) is 11.5 Å². The van der Waals surface area contributed by atoms with Crippen molar-refractivity contribution < 1.29 is 37.7 Å². The summed E-state index contributed by atoms with van der Waals surface area (Å²) in [6.07, 6.45) is 0. The Morgan fingerprint density at radius 3 is 2.11 bits per heavy atom. The van der Waals surface area contributed by atoms with Crippen molar-refractivity contribution in [2.24, 2.45) is 0 Å². The normalized spacial score (nSPS) is 14.4. The van der Waals surface area contributed by atoms with Gasteiger partial charge in [-0.15, -0.1) is 0 Å². The van der Waals surface area contributed by atoms with Crippen LogP contribution in [0.25, 0.3) is 10.8 Å². The number of methoxy groups -OCH3 is 1. The van der Waals surface area contributed by atoms with E-state index in [-0.39, 0.29) is 0 Å². The summed E-state index contributed by atoms with van der Waals surface area (Å²) in [6, 6.07) is 19.1. The molecule has 1 aliphatic rings. The van der Waals surface area contributed by atoms with E-state index in [0.717, 1.165) is 34.4 Å². The third-order valence-electron chi connectivity index (χ3n) is 5.81. The number of hydrogen-bond donors (Lipinski definition) is 2. The molecule has 0 bridgehead atoms. The van der Waals surface area contributed by atoms with Gasteiger partial charge in [0.1, 0.15) is 0 Å². The highest BCUT2D eigenvalue weighted by atomic mass is 32.2. The zero-order chi connectivity index (χ0) is 27.0. The summed E-state index contributed by atoms with van der Waals surface area (Å²) in [4.78, 5) is 20.8. The molecule has 10 nitrogen and oxygen atoms in total. The maximum atomic E-state index is 13.2. The topological polar surface area (TPSA) is 134 Å². The lowest BCUT2D eigenvalue weighted by Gasteiger charge is -2.34. The second-order valence-electron chi connectivity index (χ2n) is 8.22. The number of hydrogen-bond acceptors (Lipinski definition) is 7. The minimum absolute atomic E-state index is 0.357. The second-order valence-corrected chi connectivity index (χ2v) is 10.2. The van der Waals surface area contributed by atoms with Crippen molar-refractivity contribution in [3.05, 3.63) is 66.2 Å². The summed E-state index contributed by atoms with van der Waals surface area (Å²) in [5.41, 5.74) is 1.12. The van der Waals surface area contributed by atoms with Crippen LogP contribution in [0.15, 0.2) is 65.6 Å². The van der Waals surface area contributed by atoms with Crippen molar-refractivity contribution in [3.63, 3.8) is 0 Å². The fraction of sp³-hybridized carbons (Fsp3) is 0.308. The first-order valence-corrected chi connectivity index (χ1v) is 13.1. The molecule has 0 radical (unpaired) electrons. The molecule has 11 heteroatoms. The molecular formula is C26H30N2O8S. The number of carboxylic acid groups (broad SMARTS) is 2. The van der Waals surface area contributed by atoms with E-state index in [4.69, 9.17) is 29.3 Å². The summed E-state index contributed by atoms with van der Waals surface area (Å²) in [5, 5.41) is 16.8. The smallest absolute Gasteiger partial charge is 0.414 e. The number of sulfonamides is 1. The van der Waals surface area contributed by atoms with Gasteiger partial charge in [0, 0.05) is 32.7 Å². The second kappa shape index (κ2) is 12.5. The van der Waals surface area contributed by atoms with Crippen LogP contribution in [0.1, 0.15) is 12.5 Å². The predicted octanol–water partition coefficient (Wildman–Crippen LogP) is 2.91. The Morgan fingerprint density at radius 1 is 0.865 bits per heavy atom. The third-order valence-corrected chi connectivity index (χ3v) is 7.70. The third kappa shape index (κ3) is 7.19. The van der Waals surface area contributed by atoms with Crippen molar-refractivity contribution in [1.29, 1.82) is 0 Å². The maximum Gasteiger partial charge on any atom is 0.414 e. The number of nitrogens with zero attached hydrogens (tertiary/aromatic N) is 2. The van der Waals surface area contributed by atoms with E-state index in [1.165, 1.54) is 0 Å². The van der Waals surface area contributed by atoms with Crippen LogP contribution in [0.2, 0.25) is 0 Å². The average Bonchev–Trinajstić information content (AvgIpc) is 2.90. The summed E-state index contributed by atoms with van der Waals surface area (Å²) < 4.78 is 38.9. The largest absolute Gasteiger partial charge is 0.493 e. The van der Waals surface area contributed by atoms with E-state index in [2.05, 4.69) is 4.90 Å². The first-order valence-electron chi connectivity index (χ1n) is 11.6. The van der Waals surface area contributed by atoms with Gasteiger partial charge in [0.2, 0.25) is 10.0 Å². The van der Waals surface area contributed by atoms with Crippen LogP contribution in [0.5, 0.6) is 11.5 Å². The number of piperazine rings is 1. The summed E-state index contributed by atoms with van der Waals surface area (Å²) in [7, 11) is -1.87. The molecule has 4 rings (SSSR count). The Kier molecular flexibility index (Phi) is 9.45. The van der Waals surface area contributed by atoms with Crippen LogP contribution >= 0.6 is 0 Å². The number of benzene rings is 3. The van der Waals surface area contributed by atoms with Gasteiger partial charge < -0.3 is 19.7 Å². The Labute approximate surface area is 215 Å². The highest BCUT2D eigenvalue weighted by Gasteiger charge is 2.28. The van der Waals surface area contributed by atoms with Gasteiger partial charge in [-0.25, -0.2) is 18.0 Å². The molecule has 0 spiro atoms. The molecule has 3 aromatic carbocycles. The summed E-state index contributed by atoms with van der Waals surface area (Å²) >= 11 is 0. The van der Waals surface area contributed by atoms with E-state index >= 15 is 0 Å². The molecule has 1 saturated heterocycles. The van der Waals surface area contributed by atoms with Crippen LogP contribution in [0.3, 0.4) is 0 Å². The fourth-order valence-corrected chi connectivity index (χ4v) is 5.41. The van der Waals surface area contributed by atoms with Crippen molar-refractivity contribution in [2.45, 2.75) is 18.4 Å². The number of carbonyl (C=O) groups is 2. The molecule has 0 aromatic heterocycles. The Balaban J connectivity index is 0.000000568. The number of fused-ring (bicyclic) bond motifs is 1. The van der Waals surface area contributed by atoms with Crippen molar-refractivity contribution in [2.75, 3.05) is 39.9 Å². The number of ether oxygens (including phenoxy) is 2. The molecule has 37 heavy (non-hydrogen) atoms. The lowest BCUT2D eigenvalue weighted by molar-refractivity contribution is -0.159. The minimum Gasteiger partial charge on any atom is -0.493 e. The quantitative estimate of drug-likeness (QED) is 0.442. The molecule has 1 heterocycles. The van der Waals surface area contributed by atoms with E-state index in [0.29, 0.717) is 37.7 Å². The standard InChI is InChI=1S/C24H28N2O4S.C2H2O4/c1-3-30-23-11-8-19(16-24(23)29-2)18-25-12-14-26(15-13-25)31(27,28)22-10-9-20-6-4-5-7-21(20)17-22;3-1(4)2(5)6/h4-11,16-17H,3,12-15,18H2,1-2H3;(H,3,4)(H,5,6). The van der Waals surface area contributed by atoms with Crippen molar-refractivity contribution >= 4 is 32.7 Å². The van der Waals surface area contributed by atoms with E-state index in [1.54, 1.807) is 23.5 Å². The Bertz CT molecular complexity index is 1340. The lowest BCUT2D eigenvalue weighted by Crippen LogP contribution is -2.48. The van der Waals surface area contributed by atoms with E-state index in [1.807, 2.05) is 55.5 Å². The highest BCUT2D eigenvalue weighted by Crippen LogP contribution is 2.29. The Hall–Kier alpha value is -3.67. The summed E-state index contributed by atoms with van der Waals surface area (Å²) in [5.74, 6) is -2.19. The molecule has 3 aromatic rings. The summed E-state index contributed by atoms with van der Waals surface area (Å²) in [6.45, 7) is 5.59. The monoisotopic (exact) mass is 530 g/mol. The first kappa shape index (κ1) is 27.9. The molecule has 0 amide bonds. The number of carboxylic acids is 2. The molecular weight excluding hydrogens is 500 g/mol. The molecule has 0 aliphatic carbocycles. The van der Waals surface area contributed by atoms with Crippen LogP contribution in [0.4, 0.5) is 0 Å². The van der Waals surface area contributed by atoms with Crippen molar-refractivity contribution in [1.82, 2.24) is 9.21 Å². The van der Waals surface area contributed by atoms with Crippen LogP contribution in [-0.2, 0) is 26.2 Å². The molecule has 198 valence electrons. The molecule has 1 aliphatic heterocycles. The van der Waals surface area contributed by atoms with Gasteiger partial charge in [-0.2, -0.15) is 4.31 Å². The number of rotatable bonds is 7. The van der Waals surface area contributed by atoms with Gasteiger partial charge in [0.25, 0.3) is 0 Å². The maximum absolute atomic E-state index is 13.2. The number of aliphatic carboxylic acids is 2. The minimum atomic E-state index is -3.50. The van der Waals surface area contributed by atoms with Crippen LogP contribution in [0, 0.1) is 0 Å². The first-order chi connectivity index (χ1) is 17.6. The molecule has 0 saturated carbocycles. The average molecular weight is 531 g/mol. The zero-order valence-electron chi connectivity index (χ0n) is 20.7. The predicted molar refractivity (Wildman–Crippen MR) is 137 cm³/mol. The van der Waals surface area contributed by atoms with Gasteiger partial charge in [-0.1, -0.05) is 36.4 Å². The lowest BCUT2D eigenvalue weighted by atomic mass is 10.1. The molecule has 2 N–H and O–H groups in total. The van der Waals surface area contributed by atoms with E-state index < -0.39 is 22.0 Å². The van der Waals surface area contributed by atoms with Gasteiger partial charge >= 0.3 is 11.9 Å². The van der Waals surface area contributed by atoms with Crippen LogP contribution in [-0.4, -0.2) is 79.7 Å².